The predicted octanol–water partition coefficient (Wildman–Crippen LogP) is 3.61. The fourth-order valence-corrected chi connectivity index (χ4v) is 2.16. The topological polar surface area (TPSA) is 77.2 Å². The lowest BCUT2D eigenvalue weighted by Gasteiger charge is -2.05. The third-order valence-corrected chi connectivity index (χ3v) is 3.48. The van der Waals surface area contributed by atoms with Crippen LogP contribution in [0.4, 0.5) is 5.69 Å². The van der Waals surface area contributed by atoms with Crippen LogP contribution in [-0.2, 0) is 0 Å². The Labute approximate surface area is 133 Å². The molecule has 0 unspecified atom stereocenters. The molecule has 6 nitrogen and oxygen atoms in total. The number of aromatic nitrogens is 2. The van der Waals surface area contributed by atoms with Crippen molar-refractivity contribution in [2.45, 2.75) is 19.8 Å². The minimum Gasteiger partial charge on any atom is -0.497 e. The number of carbonyl (C=O) groups is 1. The number of hydrogen-bond donors (Lipinski definition) is 1. The zero-order valence-electron chi connectivity index (χ0n) is 13.2. The van der Waals surface area contributed by atoms with Gasteiger partial charge in [-0.3, -0.25) is 9.78 Å². The van der Waals surface area contributed by atoms with Crippen molar-refractivity contribution in [3.8, 4) is 5.75 Å². The third-order valence-electron chi connectivity index (χ3n) is 3.48. The van der Waals surface area contributed by atoms with E-state index >= 15 is 0 Å². The molecule has 0 aliphatic heterocycles. The smallest absolute Gasteiger partial charge is 0.277 e. The fourth-order valence-electron chi connectivity index (χ4n) is 2.16. The molecule has 1 N–H and O–H groups in total. The van der Waals surface area contributed by atoms with Gasteiger partial charge >= 0.3 is 0 Å². The van der Waals surface area contributed by atoms with Crippen molar-refractivity contribution in [3.63, 3.8) is 0 Å². The van der Waals surface area contributed by atoms with E-state index < -0.39 is 0 Å². The quantitative estimate of drug-likeness (QED) is 0.796. The van der Waals surface area contributed by atoms with Crippen LogP contribution in [0.3, 0.4) is 0 Å². The van der Waals surface area contributed by atoms with Gasteiger partial charge in [-0.2, -0.15) is 0 Å². The maximum absolute atomic E-state index is 12.2. The second-order valence-electron chi connectivity index (χ2n) is 5.51. The number of methoxy groups -OCH3 is 1. The van der Waals surface area contributed by atoms with Crippen molar-refractivity contribution in [1.29, 1.82) is 0 Å². The number of nitrogens with zero attached hydrogens (tertiary/aromatic N) is 2. The van der Waals surface area contributed by atoms with Gasteiger partial charge in [-0.1, -0.05) is 19.0 Å². The van der Waals surface area contributed by atoms with Crippen molar-refractivity contribution >= 4 is 22.5 Å². The molecule has 0 saturated heterocycles. The second-order valence-corrected chi connectivity index (χ2v) is 5.51. The highest BCUT2D eigenvalue weighted by Crippen LogP contribution is 2.22. The molecule has 1 aromatic carbocycles. The molecule has 0 aliphatic rings. The molecule has 23 heavy (non-hydrogen) atoms. The summed E-state index contributed by atoms with van der Waals surface area (Å²) in [7, 11) is 1.61. The summed E-state index contributed by atoms with van der Waals surface area (Å²) < 4.78 is 10.3. The number of benzene rings is 1. The predicted molar refractivity (Wildman–Crippen MR) is 86.8 cm³/mol. The molecule has 0 atom stereocenters. The number of nitrogens with one attached hydrogen (secondary N) is 1. The van der Waals surface area contributed by atoms with Gasteiger partial charge in [-0.25, -0.2) is 0 Å². The summed E-state index contributed by atoms with van der Waals surface area (Å²) in [5, 5.41) is 7.48. The van der Waals surface area contributed by atoms with E-state index in [9.17, 15) is 4.79 Å². The van der Waals surface area contributed by atoms with Crippen LogP contribution in [0.15, 0.2) is 41.1 Å². The van der Waals surface area contributed by atoms with Crippen LogP contribution in [0.5, 0.6) is 5.75 Å². The number of amides is 1. The van der Waals surface area contributed by atoms with E-state index in [1.807, 2.05) is 38.1 Å². The van der Waals surface area contributed by atoms with Gasteiger partial charge in [-0.15, -0.1) is 0 Å². The van der Waals surface area contributed by atoms with Crippen LogP contribution in [0.2, 0.25) is 0 Å². The number of rotatable bonds is 4. The highest BCUT2D eigenvalue weighted by molar-refractivity contribution is 6.03. The number of carbonyl (C=O) groups excluding carboxylic acids is 1. The van der Waals surface area contributed by atoms with Crippen LogP contribution in [0, 0.1) is 0 Å². The van der Waals surface area contributed by atoms with Gasteiger partial charge in [0, 0.05) is 23.4 Å². The molecule has 6 heteroatoms. The molecule has 2 aromatic heterocycles. The van der Waals surface area contributed by atoms with E-state index in [-0.39, 0.29) is 17.5 Å². The normalized spacial score (nSPS) is 11.0. The standard InChI is InChI=1S/C17H17N3O3/c1-10(2)16-8-15(20-23-16)17(21)19-12-6-11-4-5-13(22-3)7-14(11)18-9-12/h4-10H,1-3H3,(H,19,21). The Morgan fingerprint density at radius 1 is 1.26 bits per heavy atom. The highest BCUT2D eigenvalue weighted by Gasteiger charge is 2.15. The van der Waals surface area contributed by atoms with Crippen molar-refractivity contribution in [2.24, 2.45) is 0 Å². The molecule has 3 aromatic rings. The summed E-state index contributed by atoms with van der Waals surface area (Å²) in [5.41, 5.74) is 1.65. The van der Waals surface area contributed by atoms with Crippen LogP contribution < -0.4 is 10.1 Å². The largest absolute Gasteiger partial charge is 0.497 e. The van der Waals surface area contributed by atoms with Gasteiger partial charge < -0.3 is 14.6 Å². The van der Waals surface area contributed by atoms with Gasteiger partial charge in [0.25, 0.3) is 5.91 Å². The maximum Gasteiger partial charge on any atom is 0.277 e. The molecule has 0 spiro atoms. The van der Waals surface area contributed by atoms with Crippen LogP contribution in [0.1, 0.15) is 36.0 Å². The van der Waals surface area contributed by atoms with Crippen molar-refractivity contribution in [1.82, 2.24) is 10.1 Å². The Morgan fingerprint density at radius 2 is 2.09 bits per heavy atom. The molecule has 2 heterocycles. The molecule has 118 valence electrons. The molecule has 3 rings (SSSR count). The molecule has 0 saturated carbocycles. The van der Waals surface area contributed by atoms with E-state index in [2.05, 4.69) is 15.5 Å². The van der Waals surface area contributed by atoms with Gasteiger partial charge in [-0.05, 0) is 18.2 Å². The summed E-state index contributed by atoms with van der Waals surface area (Å²) in [6.07, 6.45) is 1.60. The van der Waals surface area contributed by atoms with E-state index in [1.54, 1.807) is 19.4 Å². The number of pyridine rings is 1. The lowest BCUT2D eigenvalue weighted by molar-refractivity contribution is 0.101. The summed E-state index contributed by atoms with van der Waals surface area (Å²) in [4.78, 5) is 16.5. The summed E-state index contributed by atoms with van der Waals surface area (Å²) in [5.74, 6) is 1.28. The molecule has 1 amide bonds. The maximum atomic E-state index is 12.2. The fraction of sp³-hybridized carbons (Fsp3) is 0.235. The Balaban J connectivity index is 1.81. The lowest BCUT2D eigenvalue weighted by atomic mass is 10.1. The number of anilines is 1. The number of ether oxygens (including phenoxy) is 1. The number of fused-ring (bicyclic) bond motifs is 1. The lowest BCUT2D eigenvalue weighted by Crippen LogP contribution is -2.12. The van der Waals surface area contributed by atoms with Crippen LogP contribution in [0.25, 0.3) is 10.9 Å². The first kappa shape index (κ1) is 15.0. The second kappa shape index (κ2) is 6.08. The third kappa shape index (κ3) is 3.15. The Bertz CT molecular complexity index is 855. The van der Waals surface area contributed by atoms with E-state index in [4.69, 9.17) is 9.26 Å². The Morgan fingerprint density at radius 3 is 2.78 bits per heavy atom. The average Bonchev–Trinajstić information content (AvgIpc) is 3.04. The summed E-state index contributed by atoms with van der Waals surface area (Å²) in [6, 6.07) is 9.09. The van der Waals surface area contributed by atoms with Crippen LogP contribution in [-0.4, -0.2) is 23.2 Å². The molecule has 0 radical (unpaired) electrons. The van der Waals surface area contributed by atoms with E-state index in [1.165, 1.54) is 0 Å². The Hall–Kier alpha value is -2.89. The van der Waals surface area contributed by atoms with Gasteiger partial charge in [0.1, 0.15) is 11.5 Å². The zero-order valence-corrected chi connectivity index (χ0v) is 13.2. The number of hydrogen-bond acceptors (Lipinski definition) is 5. The SMILES string of the molecule is COc1ccc2cc(NC(=O)c3cc(C(C)C)on3)cnc2c1. The minimum atomic E-state index is -0.324. The van der Waals surface area contributed by atoms with Crippen molar-refractivity contribution in [3.05, 3.63) is 48.0 Å². The van der Waals surface area contributed by atoms with Crippen molar-refractivity contribution < 1.29 is 14.1 Å². The van der Waals surface area contributed by atoms with Gasteiger partial charge in [0.2, 0.25) is 0 Å². The average molecular weight is 311 g/mol. The minimum absolute atomic E-state index is 0.182. The van der Waals surface area contributed by atoms with Crippen LogP contribution >= 0.6 is 0 Å². The van der Waals surface area contributed by atoms with Gasteiger partial charge in [0.15, 0.2) is 5.69 Å². The molecule has 0 bridgehead atoms. The molecule has 0 aliphatic carbocycles. The first-order valence-electron chi connectivity index (χ1n) is 7.28. The first-order valence-corrected chi connectivity index (χ1v) is 7.28. The van der Waals surface area contributed by atoms with Crippen molar-refractivity contribution in [2.75, 3.05) is 12.4 Å². The van der Waals surface area contributed by atoms with E-state index in [0.717, 1.165) is 16.7 Å². The first-order chi connectivity index (χ1) is 11.1. The monoisotopic (exact) mass is 311 g/mol. The molecular formula is C17H17N3O3. The van der Waals surface area contributed by atoms with Gasteiger partial charge in [0.05, 0.1) is 24.5 Å². The molecule has 0 fully saturated rings. The highest BCUT2D eigenvalue weighted by atomic mass is 16.5. The summed E-state index contributed by atoms with van der Waals surface area (Å²) in [6.45, 7) is 3.95. The summed E-state index contributed by atoms with van der Waals surface area (Å²) >= 11 is 0. The molecular weight excluding hydrogens is 294 g/mol. The zero-order chi connectivity index (χ0) is 16.4. The Kier molecular flexibility index (Phi) is 3.97. The van der Waals surface area contributed by atoms with E-state index in [0.29, 0.717) is 11.4 Å².